The van der Waals surface area contributed by atoms with E-state index in [9.17, 15) is 14.0 Å². The quantitative estimate of drug-likeness (QED) is 0.724. The van der Waals surface area contributed by atoms with Crippen molar-refractivity contribution in [1.82, 2.24) is 25.4 Å². The number of aromatic amines is 1. The van der Waals surface area contributed by atoms with Gasteiger partial charge in [0, 0.05) is 42.6 Å². The molecule has 0 unspecified atom stereocenters. The lowest BCUT2D eigenvalue weighted by atomic mass is 10.0. The molecule has 2 amide bonds. The second-order valence-corrected chi connectivity index (χ2v) is 7.07. The van der Waals surface area contributed by atoms with Gasteiger partial charge in [0.15, 0.2) is 5.65 Å². The van der Waals surface area contributed by atoms with Gasteiger partial charge in [0.1, 0.15) is 5.82 Å². The van der Waals surface area contributed by atoms with Crippen molar-refractivity contribution in [3.63, 3.8) is 0 Å². The van der Waals surface area contributed by atoms with Crippen LogP contribution in [0.25, 0.3) is 22.2 Å². The number of carbonyl (C=O) groups is 2. The third kappa shape index (κ3) is 2.64. The highest BCUT2D eigenvalue weighted by atomic mass is 19.1. The van der Waals surface area contributed by atoms with Crippen molar-refractivity contribution in [2.45, 2.75) is 12.5 Å². The minimum Gasteiger partial charge on any atom is -0.351 e. The summed E-state index contributed by atoms with van der Waals surface area (Å²) in [6.07, 6.45) is 3.69. The number of benzene rings is 1. The van der Waals surface area contributed by atoms with E-state index in [0.717, 1.165) is 10.9 Å². The van der Waals surface area contributed by atoms with Crippen LogP contribution in [0.5, 0.6) is 0 Å². The van der Waals surface area contributed by atoms with E-state index in [0.29, 0.717) is 36.3 Å². The molecule has 7 nitrogen and oxygen atoms in total. The molecule has 0 aliphatic carbocycles. The van der Waals surface area contributed by atoms with Gasteiger partial charge in [-0.05, 0) is 35.4 Å². The van der Waals surface area contributed by atoms with Crippen LogP contribution < -0.4 is 5.32 Å². The largest absolute Gasteiger partial charge is 0.351 e. The maximum atomic E-state index is 14.3. The molecule has 2 N–H and O–H groups in total. The Morgan fingerprint density at radius 3 is 3.00 bits per heavy atom. The van der Waals surface area contributed by atoms with Crippen LogP contribution in [-0.2, 0) is 4.79 Å². The minimum atomic E-state index is -0.475. The van der Waals surface area contributed by atoms with Crippen LogP contribution in [0.3, 0.4) is 0 Å². The molecule has 2 aliphatic heterocycles. The third-order valence-electron chi connectivity index (χ3n) is 5.33. The number of aromatic nitrogens is 3. The molecular weight excluding hydrogens is 349 g/mol. The molecule has 27 heavy (non-hydrogen) atoms. The lowest BCUT2D eigenvalue weighted by molar-refractivity contribution is -0.119. The van der Waals surface area contributed by atoms with E-state index in [1.54, 1.807) is 29.4 Å². The second kappa shape index (κ2) is 5.87. The average Bonchev–Trinajstić information content (AvgIpc) is 3.34. The number of H-pyrrole nitrogens is 1. The predicted octanol–water partition coefficient (Wildman–Crippen LogP) is 1.72. The molecular formula is C19H16FN5O2. The number of halogens is 1. The Hall–Kier alpha value is -3.29. The van der Waals surface area contributed by atoms with Gasteiger partial charge >= 0.3 is 0 Å². The maximum absolute atomic E-state index is 14.3. The van der Waals surface area contributed by atoms with Gasteiger partial charge in [-0.1, -0.05) is 0 Å². The molecule has 2 aliphatic rings. The molecule has 8 heteroatoms. The van der Waals surface area contributed by atoms with Crippen molar-refractivity contribution in [3.05, 3.63) is 48.0 Å². The molecule has 136 valence electrons. The van der Waals surface area contributed by atoms with Gasteiger partial charge in [0.05, 0.1) is 12.2 Å². The van der Waals surface area contributed by atoms with Gasteiger partial charge in [-0.3, -0.25) is 14.7 Å². The highest BCUT2D eigenvalue weighted by Crippen LogP contribution is 2.30. The summed E-state index contributed by atoms with van der Waals surface area (Å²) in [6, 6.07) is 6.13. The van der Waals surface area contributed by atoms with E-state index in [1.807, 2.05) is 0 Å². The summed E-state index contributed by atoms with van der Waals surface area (Å²) in [5.41, 5.74) is 2.25. The summed E-state index contributed by atoms with van der Waals surface area (Å²) in [5, 5.41) is 10.4. The summed E-state index contributed by atoms with van der Waals surface area (Å²) in [7, 11) is 0. The van der Waals surface area contributed by atoms with E-state index in [2.05, 4.69) is 20.5 Å². The first kappa shape index (κ1) is 15.9. The van der Waals surface area contributed by atoms with E-state index >= 15 is 0 Å². The molecule has 0 spiro atoms. The number of hydrogen-bond acceptors (Lipinski definition) is 4. The smallest absolute Gasteiger partial charge is 0.254 e. The van der Waals surface area contributed by atoms with Gasteiger partial charge in [0.2, 0.25) is 5.91 Å². The number of rotatable bonds is 2. The monoisotopic (exact) mass is 365 g/mol. The third-order valence-corrected chi connectivity index (χ3v) is 5.33. The van der Waals surface area contributed by atoms with E-state index in [-0.39, 0.29) is 23.8 Å². The van der Waals surface area contributed by atoms with Gasteiger partial charge in [-0.25, -0.2) is 9.37 Å². The van der Waals surface area contributed by atoms with Crippen LogP contribution in [-0.4, -0.2) is 51.0 Å². The molecule has 2 aromatic heterocycles. The summed E-state index contributed by atoms with van der Waals surface area (Å²) in [6.45, 7) is 0.970. The molecule has 2 fully saturated rings. The van der Waals surface area contributed by atoms with Crippen LogP contribution in [0, 0.1) is 11.7 Å². The molecule has 3 aromatic rings. The first-order valence-corrected chi connectivity index (χ1v) is 8.76. The van der Waals surface area contributed by atoms with Crippen LogP contribution in [0.4, 0.5) is 4.39 Å². The zero-order chi connectivity index (χ0) is 18.5. The maximum Gasteiger partial charge on any atom is 0.254 e. The van der Waals surface area contributed by atoms with Crippen LogP contribution >= 0.6 is 0 Å². The van der Waals surface area contributed by atoms with Crippen molar-refractivity contribution in [3.8, 4) is 11.1 Å². The lowest BCUT2D eigenvalue weighted by Gasteiger charge is -2.18. The standard InChI is InChI=1S/C19H16FN5O2/c20-13-4-10(14-1-2-21-18-15(14)7-22-24-18)3-11(5-13)19(27)25-8-12-6-17(26)23-16(12)9-25/h1-5,7,12,16H,6,8-9H2,(H,23,26)(H,21,22,24)/t12-,16+/m0/s1. The Bertz CT molecular complexity index is 1060. The zero-order valence-corrected chi connectivity index (χ0v) is 14.3. The molecule has 0 saturated carbocycles. The molecule has 0 radical (unpaired) electrons. The average molecular weight is 365 g/mol. The van der Waals surface area contributed by atoms with Gasteiger partial charge in [0.25, 0.3) is 5.91 Å². The number of likely N-dealkylation sites (tertiary alicyclic amines) is 1. The van der Waals surface area contributed by atoms with Gasteiger partial charge in [-0.15, -0.1) is 0 Å². The number of hydrogen-bond donors (Lipinski definition) is 2. The summed E-state index contributed by atoms with van der Waals surface area (Å²) in [4.78, 5) is 30.3. The van der Waals surface area contributed by atoms with Crippen LogP contribution in [0.1, 0.15) is 16.8 Å². The van der Waals surface area contributed by atoms with E-state index in [1.165, 1.54) is 12.1 Å². The number of carbonyl (C=O) groups excluding carboxylic acids is 2. The number of nitrogens with one attached hydrogen (secondary N) is 2. The first-order chi connectivity index (χ1) is 13.1. The Morgan fingerprint density at radius 1 is 1.26 bits per heavy atom. The van der Waals surface area contributed by atoms with Gasteiger partial charge in [-0.2, -0.15) is 5.10 Å². The molecule has 1 aromatic carbocycles. The van der Waals surface area contributed by atoms with Crippen molar-refractivity contribution in [2.75, 3.05) is 13.1 Å². The molecule has 4 heterocycles. The molecule has 0 bridgehead atoms. The van der Waals surface area contributed by atoms with Crippen molar-refractivity contribution in [2.24, 2.45) is 5.92 Å². The minimum absolute atomic E-state index is 0.000215. The second-order valence-electron chi connectivity index (χ2n) is 7.07. The van der Waals surface area contributed by atoms with Crippen molar-refractivity contribution >= 4 is 22.8 Å². The summed E-state index contributed by atoms with van der Waals surface area (Å²) < 4.78 is 14.3. The fraction of sp³-hybridized carbons (Fsp3) is 0.263. The van der Waals surface area contributed by atoms with E-state index < -0.39 is 5.82 Å². The Balaban J connectivity index is 1.48. The Kier molecular flexibility index (Phi) is 3.46. The van der Waals surface area contributed by atoms with Crippen molar-refractivity contribution < 1.29 is 14.0 Å². The lowest BCUT2D eigenvalue weighted by Crippen LogP contribution is -2.35. The number of fused-ring (bicyclic) bond motifs is 2. The fourth-order valence-corrected chi connectivity index (χ4v) is 4.07. The number of pyridine rings is 1. The first-order valence-electron chi connectivity index (χ1n) is 8.76. The van der Waals surface area contributed by atoms with Gasteiger partial charge < -0.3 is 10.2 Å². The molecule has 2 atom stereocenters. The number of amides is 2. The van der Waals surface area contributed by atoms with Crippen molar-refractivity contribution in [1.29, 1.82) is 0 Å². The Labute approximate surface area is 153 Å². The Morgan fingerprint density at radius 2 is 2.15 bits per heavy atom. The number of nitrogens with zero attached hydrogens (tertiary/aromatic N) is 3. The zero-order valence-electron chi connectivity index (χ0n) is 14.3. The highest BCUT2D eigenvalue weighted by Gasteiger charge is 2.41. The van der Waals surface area contributed by atoms with Crippen LogP contribution in [0.15, 0.2) is 36.7 Å². The van der Waals surface area contributed by atoms with Crippen LogP contribution in [0.2, 0.25) is 0 Å². The normalized spacial score (nSPS) is 21.5. The summed E-state index contributed by atoms with van der Waals surface area (Å²) in [5.74, 6) is -0.527. The summed E-state index contributed by atoms with van der Waals surface area (Å²) >= 11 is 0. The highest BCUT2D eigenvalue weighted by molar-refractivity contribution is 5.98. The fourth-order valence-electron chi connectivity index (χ4n) is 4.07. The topological polar surface area (TPSA) is 91.0 Å². The molecule has 5 rings (SSSR count). The molecule has 2 saturated heterocycles. The SMILES string of the molecule is O=C1C[C@H]2CN(C(=O)c3cc(F)cc(-c4ccnc5[nH]ncc45)c3)C[C@H]2N1. The predicted molar refractivity (Wildman–Crippen MR) is 95.2 cm³/mol. The van der Waals surface area contributed by atoms with E-state index in [4.69, 9.17) is 0 Å².